The predicted octanol–water partition coefficient (Wildman–Crippen LogP) is 3.64. The summed E-state index contributed by atoms with van der Waals surface area (Å²) in [5, 5.41) is 12.5. The second kappa shape index (κ2) is 6.66. The van der Waals surface area contributed by atoms with Crippen LogP contribution in [0.25, 0.3) is 16.9 Å². The number of hydrogen-bond acceptors (Lipinski definition) is 5. The van der Waals surface area contributed by atoms with Gasteiger partial charge in [0.05, 0.1) is 16.9 Å². The lowest BCUT2D eigenvalue weighted by Crippen LogP contribution is -2.12. The number of benzene rings is 2. The van der Waals surface area contributed by atoms with Crippen molar-refractivity contribution in [3.05, 3.63) is 77.6 Å². The van der Waals surface area contributed by atoms with Crippen LogP contribution in [0.1, 0.15) is 10.4 Å². The van der Waals surface area contributed by atoms with Crippen molar-refractivity contribution in [1.82, 2.24) is 19.7 Å². The van der Waals surface area contributed by atoms with E-state index < -0.39 is 0 Å². The lowest BCUT2D eigenvalue weighted by atomic mass is 10.1. The van der Waals surface area contributed by atoms with Crippen LogP contribution in [0.4, 0.5) is 5.69 Å². The Morgan fingerprint density at radius 2 is 1.84 bits per heavy atom. The number of aromatic nitrogens is 4. The minimum atomic E-state index is -0.161. The molecule has 0 bridgehead atoms. The first-order valence-corrected chi connectivity index (χ1v) is 8.49. The number of carbonyl (C=O) groups is 1. The van der Waals surface area contributed by atoms with E-state index in [-0.39, 0.29) is 5.91 Å². The van der Waals surface area contributed by atoms with Crippen molar-refractivity contribution < 1.29 is 4.79 Å². The molecule has 0 saturated carbocycles. The molecule has 0 unspecified atom stereocenters. The van der Waals surface area contributed by atoms with Gasteiger partial charge in [0.25, 0.3) is 5.91 Å². The maximum atomic E-state index is 12.5. The minimum Gasteiger partial charge on any atom is -0.322 e. The van der Waals surface area contributed by atoms with Crippen LogP contribution in [0, 0.1) is 0 Å². The van der Waals surface area contributed by atoms with E-state index in [1.54, 1.807) is 46.2 Å². The summed E-state index contributed by atoms with van der Waals surface area (Å²) in [5.41, 5.74) is 5.87. The molecule has 0 fully saturated rings. The summed E-state index contributed by atoms with van der Waals surface area (Å²) in [6.45, 7) is 0. The average molecular weight is 347 g/mol. The molecule has 122 valence electrons. The van der Waals surface area contributed by atoms with Crippen molar-refractivity contribution in [3.63, 3.8) is 0 Å². The van der Waals surface area contributed by atoms with Gasteiger partial charge in [0.15, 0.2) is 0 Å². The molecule has 4 aromatic rings. The fraction of sp³-hybridized carbons (Fsp3) is 0. The summed E-state index contributed by atoms with van der Waals surface area (Å²) in [7, 11) is 0. The van der Waals surface area contributed by atoms with E-state index in [4.69, 9.17) is 0 Å². The maximum Gasteiger partial charge on any atom is 0.255 e. The molecule has 6 nitrogen and oxygen atoms in total. The molecule has 0 radical (unpaired) electrons. The first-order chi connectivity index (χ1) is 12.3. The molecule has 1 amide bonds. The Kier molecular flexibility index (Phi) is 4.05. The Labute approximate surface area is 147 Å². The van der Waals surface area contributed by atoms with Gasteiger partial charge in [0, 0.05) is 22.2 Å². The first-order valence-electron chi connectivity index (χ1n) is 7.55. The fourth-order valence-electron chi connectivity index (χ4n) is 2.43. The highest BCUT2D eigenvalue weighted by Crippen LogP contribution is 2.20. The van der Waals surface area contributed by atoms with Gasteiger partial charge in [-0.2, -0.15) is 0 Å². The summed E-state index contributed by atoms with van der Waals surface area (Å²) in [6, 6.07) is 14.9. The Morgan fingerprint density at radius 1 is 1.04 bits per heavy atom. The number of nitrogens with zero attached hydrogens (tertiary/aromatic N) is 4. The van der Waals surface area contributed by atoms with E-state index in [0.717, 1.165) is 16.9 Å². The molecule has 1 N–H and O–H groups in total. The van der Waals surface area contributed by atoms with Crippen molar-refractivity contribution >= 4 is 22.9 Å². The van der Waals surface area contributed by atoms with Crippen molar-refractivity contribution in [3.8, 4) is 16.9 Å². The summed E-state index contributed by atoms with van der Waals surface area (Å²) in [5.74, 6) is -0.161. The van der Waals surface area contributed by atoms with E-state index in [2.05, 4.69) is 20.5 Å². The quantitative estimate of drug-likeness (QED) is 0.612. The number of carbonyl (C=O) groups excluding carboxylic acids is 1. The zero-order valence-corrected chi connectivity index (χ0v) is 13.9. The molecule has 25 heavy (non-hydrogen) atoms. The summed E-state index contributed by atoms with van der Waals surface area (Å²) in [6.07, 6.45) is 3.22. The van der Waals surface area contributed by atoms with Crippen molar-refractivity contribution in [2.24, 2.45) is 0 Å². The molecule has 0 aliphatic rings. The van der Waals surface area contributed by atoms with Crippen molar-refractivity contribution in [2.75, 3.05) is 5.32 Å². The molecular weight excluding hydrogens is 334 g/mol. The molecule has 2 aromatic carbocycles. The number of anilines is 1. The van der Waals surface area contributed by atoms with Crippen LogP contribution < -0.4 is 5.32 Å². The monoisotopic (exact) mass is 347 g/mol. The van der Waals surface area contributed by atoms with E-state index in [1.165, 1.54) is 0 Å². The van der Waals surface area contributed by atoms with Gasteiger partial charge in [-0.15, -0.1) is 21.5 Å². The van der Waals surface area contributed by atoms with Gasteiger partial charge in [0.2, 0.25) is 0 Å². The van der Waals surface area contributed by atoms with Crippen LogP contribution in [-0.4, -0.2) is 25.7 Å². The number of rotatable bonds is 4. The summed E-state index contributed by atoms with van der Waals surface area (Å²) >= 11 is 1.55. The fourth-order valence-corrected chi connectivity index (χ4v) is 2.99. The summed E-state index contributed by atoms with van der Waals surface area (Å²) < 4.78 is 1.78. The zero-order chi connectivity index (χ0) is 17.1. The van der Waals surface area contributed by atoms with E-state index in [1.807, 2.05) is 41.8 Å². The van der Waals surface area contributed by atoms with Crippen LogP contribution in [0.2, 0.25) is 0 Å². The zero-order valence-electron chi connectivity index (χ0n) is 13.0. The van der Waals surface area contributed by atoms with Crippen molar-refractivity contribution in [1.29, 1.82) is 0 Å². The average Bonchev–Trinajstić information content (AvgIpc) is 3.36. The van der Waals surface area contributed by atoms with Gasteiger partial charge < -0.3 is 5.32 Å². The number of nitrogens with one attached hydrogen (secondary N) is 1. The van der Waals surface area contributed by atoms with Crippen LogP contribution >= 0.6 is 11.3 Å². The van der Waals surface area contributed by atoms with Crippen LogP contribution in [0.3, 0.4) is 0 Å². The molecular formula is C18H13N5OS. The second-order valence-corrected chi connectivity index (χ2v) is 6.04. The Morgan fingerprint density at radius 3 is 2.56 bits per heavy atom. The Bertz CT molecular complexity index is 979. The molecule has 0 spiro atoms. The smallest absolute Gasteiger partial charge is 0.255 e. The Balaban J connectivity index is 1.51. The second-order valence-electron chi connectivity index (χ2n) is 5.32. The Hall–Kier alpha value is -3.32. The third-order valence-electron chi connectivity index (χ3n) is 3.70. The molecule has 2 aromatic heterocycles. The van der Waals surface area contributed by atoms with Gasteiger partial charge in [-0.1, -0.05) is 18.2 Å². The molecule has 4 rings (SSSR count). The highest BCUT2D eigenvalue weighted by Gasteiger charge is 2.08. The van der Waals surface area contributed by atoms with Gasteiger partial charge in [-0.3, -0.25) is 9.36 Å². The predicted molar refractivity (Wildman–Crippen MR) is 96.9 cm³/mol. The van der Waals surface area contributed by atoms with Crippen LogP contribution in [-0.2, 0) is 0 Å². The van der Waals surface area contributed by atoms with Gasteiger partial charge in [0.1, 0.15) is 12.7 Å². The van der Waals surface area contributed by atoms with E-state index in [0.29, 0.717) is 11.3 Å². The topological polar surface area (TPSA) is 72.7 Å². The largest absolute Gasteiger partial charge is 0.322 e. The van der Waals surface area contributed by atoms with Gasteiger partial charge in [-0.25, -0.2) is 4.98 Å². The molecule has 2 heterocycles. The molecule has 0 aliphatic carbocycles. The lowest BCUT2D eigenvalue weighted by molar-refractivity contribution is 0.102. The molecule has 0 aliphatic heterocycles. The first kappa shape index (κ1) is 15.2. The highest BCUT2D eigenvalue weighted by atomic mass is 32.1. The summed E-state index contributed by atoms with van der Waals surface area (Å²) in [4.78, 5) is 16.7. The highest BCUT2D eigenvalue weighted by molar-refractivity contribution is 7.07. The maximum absolute atomic E-state index is 12.5. The molecule has 0 saturated heterocycles. The third kappa shape index (κ3) is 3.31. The number of amides is 1. The molecule has 0 atom stereocenters. The number of hydrogen-bond donors (Lipinski definition) is 1. The standard InChI is InChI=1S/C18H13N5OS/c24-18(14-6-4-13(5-7-14)17-9-25-12-19-17)22-15-2-1-3-16(8-15)23-10-20-21-11-23/h1-12H,(H,22,24). The lowest BCUT2D eigenvalue weighted by Gasteiger charge is -2.08. The van der Waals surface area contributed by atoms with Crippen molar-refractivity contribution in [2.45, 2.75) is 0 Å². The normalized spacial score (nSPS) is 10.6. The minimum absolute atomic E-state index is 0.161. The molecule has 7 heteroatoms. The third-order valence-corrected chi connectivity index (χ3v) is 4.28. The van der Waals surface area contributed by atoms with E-state index >= 15 is 0 Å². The van der Waals surface area contributed by atoms with E-state index in [9.17, 15) is 4.79 Å². The van der Waals surface area contributed by atoms with Crippen LogP contribution in [0.15, 0.2) is 72.1 Å². The SMILES string of the molecule is O=C(Nc1cccc(-n2cnnc2)c1)c1ccc(-c2cscn2)cc1. The van der Waals surface area contributed by atoms with Gasteiger partial charge in [-0.05, 0) is 30.3 Å². The van der Waals surface area contributed by atoms with Crippen LogP contribution in [0.5, 0.6) is 0 Å². The number of thiazole rings is 1. The van der Waals surface area contributed by atoms with Gasteiger partial charge >= 0.3 is 0 Å².